The molecule has 0 saturated carbocycles. The zero-order chi connectivity index (χ0) is 9.00. The fourth-order valence-corrected chi connectivity index (χ4v) is 0. The van der Waals surface area contributed by atoms with Crippen molar-refractivity contribution in [1.82, 2.24) is 0 Å². The van der Waals surface area contributed by atoms with E-state index in [9.17, 15) is 16.8 Å². The van der Waals surface area contributed by atoms with Gasteiger partial charge in [-0.15, -0.1) is 16.8 Å². The van der Waals surface area contributed by atoms with E-state index in [1.54, 1.807) is 0 Å². The molecule has 64 valence electrons. The predicted octanol–water partition coefficient (Wildman–Crippen LogP) is 2.05. The molecule has 0 heterocycles. The third-order valence-electron chi connectivity index (χ3n) is 0. The summed E-state index contributed by atoms with van der Waals surface area (Å²) in [5.74, 6) is 0. The Morgan fingerprint density at radius 1 is 0.800 bits per heavy atom. The van der Waals surface area contributed by atoms with Crippen molar-refractivity contribution >= 4 is 16.0 Å². The van der Waals surface area contributed by atoms with Crippen LogP contribution in [0.3, 0.4) is 0 Å². The average Bonchev–Trinajstić information content (AvgIpc) is 1.12. The van der Waals surface area contributed by atoms with Crippen LogP contribution in [0.1, 0.15) is 0 Å². The van der Waals surface area contributed by atoms with E-state index in [4.69, 9.17) is 18.9 Å². The van der Waals surface area contributed by atoms with Gasteiger partial charge in [-0.2, -0.15) is 0 Å². The Morgan fingerprint density at radius 3 is 0.800 bits per heavy atom. The van der Waals surface area contributed by atoms with Gasteiger partial charge in [0.05, 0.1) is 0 Å². The molecule has 0 aliphatic carbocycles. The van der Waals surface area contributed by atoms with Crippen LogP contribution in [0.25, 0.3) is 0 Å². The van der Waals surface area contributed by atoms with Crippen molar-refractivity contribution in [3.8, 4) is 0 Å². The molecule has 0 saturated heterocycles. The summed E-state index contributed by atoms with van der Waals surface area (Å²) in [4.78, 5) is 13.5. The van der Waals surface area contributed by atoms with Crippen molar-refractivity contribution in [2.45, 2.75) is 0 Å². The standard InChI is InChI=1S/2F2HO2P/c2*1-5(2,3)4/h2*(H,3,4). The fourth-order valence-electron chi connectivity index (χ4n) is 0. The summed E-state index contributed by atoms with van der Waals surface area (Å²) < 4.78 is 57.4. The Hall–Kier alpha value is 0.1000. The van der Waals surface area contributed by atoms with Crippen LogP contribution < -0.4 is 0 Å². The van der Waals surface area contributed by atoms with Gasteiger partial charge in [0.2, 0.25) is 0 Å². The zero-order valence-electron chi connectivity index (χ0n) is 4.12. The zero-order valence-corrected chi connectivity index (χ0v) is 5.91. The molecule has 0 aromatic carbocycles. The lowest BCUT2D eigenvalue weighted by Gasteiger charge is -1.73. The summed E-state index contributed by atoms with van der Waals surface area (Å²) in [5.41, 5.74) is 0. The van der Waals surface area contributed by atoms with Gasteiger partial charge in [-0.05, 0) is 0 Å². The van der Waals surface area contributed by atoms with Gasteiger partial charge in [-0.25, -0.2) is 9.13 Å². The molecule has 0 aromatic rings. The molecule has 10 heavy (non-hydrogen) atoms. The van der Waals surface area contributed by atoms with Crippen molar-refractivity contribution in [1.29, 1.82) is 0 Å². The Morgan fingerprint density at radius 2 is 0.800 bits per heavy atom. The summed E-state index contributed by atoms with van der Waals surface area (Å²) in [6.07, 6.45) is 0. The maximum absolute atomic E-state index is 10.1. The molecule has 0 bridgehead atoms. The largest absolute Gasteiger partial charge is 0.549 e. The molecule has 0 rings (SSSR count). The van der Waals surface area contributed by atoms with Gasteiger partial charge < -0.3 is 0 Å². The first kappa shape index (κ1) is 12.7. The molecule has 0 unspecified atom stereocenters. The Bertz CT molecular complexity index is 128. The summed E-state index contributed by atoms with van der Waals surface area (Å²) in [6.45, 7) is 0. The van der Waals surface area contributed by atoms with Crippen LogP contribution in [-0.2, 0) is 9.13 Å². The summed E-state index contributed by atoms with van der Waals surface area (Å²) in [6, 6.07) is 0. The molecule has 2 N–H and O–H groups in total. The summed E-state index contributed by atoms with van der Waals surface area (Å²) >= 11 is 0. The minimum atomic E-state index is -5.64. The van der Waals surface area contributed by atoms with Crippen molar-refractivity contribution in [3.05, 3.63) is 0 Å². The molecule has 0 radical (unpaired) electrons. The van der Waals surface area contributed by atoms with Crippen molar-refractivity contribution in [2.75, 3.05) is 0 Å². The molecule has 0 atom stereocenters. The Balaban J connectivity index is 0. The second-order valence-corrected chi connectivity index (χ2v) is 2.61. The smallest absolute Gasteiger partial charge is 0.296 e. The average molecular weight is 204 g/mol. The highest BCUT2D eigenvalue weighted by Crippen LogP contribution is 2.43. The van der Waals surface area contributed by atoms with E-state index < -0.39 is 16.0 Å². The predicted molar refractivity (Wildman–Crippen MR) is 24.1 cm³/mol. The molecule has 0 aliphatic rings. The van der Waals surface area contributed by atoms with Crippen molar-refractivity contribution in [3.63, 3.8) is 0 Å². The molecule has 0 amide bonds. The second kappa shape index (κ2) is 4.08. The first-order valence-electron chi connectivity index (χ1n) is 1.44. The monoisotopic (exact) mass is 204 g/mol. The first-order valence-corrected chi connectivity index (χ1v) is 4.32. The number of halogens is 4. The lowest BCUT2D eigenvalue weighted by Crippen LogP contribution is -1.45. The van der Waals surface area contributed by atoms with Gasteiger partial charge in [0, 0.05) is 0 Å². The molecular formula is H2F4O4P2. The molecule has 0 spiro atoms. The molecule has 10 heteroatoms. The van der Waals surface area contributed by atoms with Crippen LogP contribution in [0.2, 0.25) is 0 Å². The van der Waals surface area contributed by atoms with Gasteiger partial charge >= 0.3 is 16.0 Å². The van der Waals surface area contributed by atoms with Crippen LogP contribution in [0.4, 0.5) is 16.8 Å². The van der Waals surface area contributed by atoms with E-state index in [0.717, 1.165) is 0 Å². The Labute approximate surface area is 52.9 Å². The summed E-state index contributed by atoms with van der Waals surface area (Å²) in [7, 11) is -11.3. The van der Waals surface area contributed by atoms with Gasteiger partial charge in [-0.3, -0.25) is 9.79 Å². The quantitative estimate of drug-likeness (QED) is 0.467. The highest BCUT2D eigenvalue weighted by Gasteiger charge is 2.09. The SMILES string of the molecule is O=P(O)(F)F.O=P(O)(F)F. The highest BCUT2D eigenvalue weighted by molar-refractivity contribution is 7.46. The van der Waals surface area contributed by atoms with Gasteiger partial charge in [0.1, 0.15) is 0 Å². The van der Waals surface area contributed by atoms with E-state index in [1.165, 1.54) is 0 Å². The van der Waals surface area contributed by atoms with E-state index in [2.05, 4.69) is 0 Å². The Kier molecular flexibility index (Phi) is 5.20. The highest BCUT2D eigenvalue weighted by atomic mass is 31.2. The fraction of sp³-hybridized carbons (Fsp3) is 0. The molecular weight excluding hydrogens is 202 g/mol. The minimum absolute atomic E-state index is 5.64. The summed E-state index contributed by atoms with van der Waals surface area (Å²) in [5, 5.41) is 0. The van der Waals surface area contributed by atoms with Gasteiger partial charge in [0.15, 0.2) is 0 Å². The lowest BCUT2D eigenvalue weighted by atomic mass is 15.9. The van der Waals surface area contributed by atoms with Crippen LogP contribution in [0, 0.1) is 0 Å². The first-order chi connectivity index (χ1) is 4.00. The lowest BCUT2D eigenvalue weighted by molar-refractivity contribution is 0.374. The number of hydrogen-bond acceptors (Lipinski definition) is 2. The minimum Gasteiger partial charge on any atom is -0.296 e. The van der Waals surface area contributed by atoms with E-state index >= 15 is 0 Å². The maximum Gasteiger partial charge on any atom is 0.549 e. The molecule has 0 fully saturated rings. The van der Waals surface area contributed by atoms with E-state index in [0.29, 0.717) is 0 Å². The van der Waals surface area contributed by atoms with Crippen LogP contribution in [0.15, 0.2) is 0 Å². The molecule has 0 aliphatic heterocycles. The number of hydrogen-bond donors (Lipinski definition) is 2. The topological polar surface area (TPSA) is 74.6 Å². The normalized spacial score (nSPS) is 11.8. The van der Waals surface area contributed by atoms with Crippen LogP contribution in [0.5, 0.6) is 0 Å². The maximum atomic E-state index is 10.1. The number of rotatable bonds is 0. The van der Waals surface area contributed by atoms with Crippen molar-refractivity contribution in [2.24, 2.45) is 0 Å². The molecule has 0 aromatic heterocycles. The van der Waals surface area contributed by atoms with E-state index in [-0.39, 0.29) is 0 Å². The van der Waals surface area contributed by atoms with Crippen LogP contribution in [-0.4, -0.2) is 9.79 Å². The third-order valence-corrected chi connectivity index (χ3v) is 0. The van der Waals surface area contributed by atoms with Crippen LogP contribution >= 0.6 is 16.0 Å². The third kappa shape index (κ3) is 40800. The second-order valence-electron chi connectivity index (χ2n) is 0.869. The van der Waals surface area contributed by atoms with E-state index in [1.807, 2.05) is 0 Å². The van der Waals surface area contributed by atoms with Gasteiger partial charge in [-0.1, -0.05) is 0 Å². The van der Waals surface area contributed by atoms with Gasteiger partial charge in [0.25, 0.3) is 0 Å². The van der Waals surface area contributed by atoms with Crippen molar-refractivity contribution < 1.29 is 35.7 Å². The molecule has 4 nitrogen and oxygen atoms in total.